The predicted octanol–water partition coefficient (Wildman–Crippen LogP) is 2.49. The third kappa shape index (κ3) is 4.10. The molecule has 0 atom stereocenters. The molecule has 16 heavy (non-hydrogen) atoms. The Morgan fingerprint density at radius 1 is 1.56 bits per heavy atom. The van der Waals surface area contributed by atoms with E-state index in [-0.39, 0.29) is 11.6 Å². The fraction of sp³-hybridized carbons (Fsp3) is 0.364. The van der Waals surface area contributed by atoms with Gasteiger partial charge in [-0.25, -0.2) is 4.39 Å². The second-order valence-electron chi connectivity index (χ2n) is 3.23. The number of hydrogen-bond acceptors (Lipinski definition) is 3. The lowest BCUT2D eigenvalue weighted by Gasteiger charge is -2.06. The van der Waals surface area contributed by atoms with Crippen LogP contribution in [0.5, 0.6) is 0 Å². The van der Waals surface area contributed by atoms with Crippen molar-refractivity contribution in [2.75, 3.05) is 22.6 Å². The van der Waals surface area contributed by atoms with Gasteiger partial charge in [0.15, 0.2) is 0 Å². The maximum atomic E-state index is 12.8. The summed E-state index contributed by atoms with van der Waals surface area (Å²) in [5, 5.41) is 2.67. The topological polar surface area (TPSA) is 55.1 Å². The highest BCUT2D eigenvalue weighted by Gasteiger charge is 2.04. The van der Waals surface area contributed by atoms with Gasteiger partial charge in [-0.3, -0.25) is 4.79 Å². The van der Waals surface area contributed by atoms with Crippen LogP contribution in [0.4, 0.5) is 15.8 Å². The summed E-state index contributed by atoms with van der Waals surface area (Å²) >= 11 is 1.71. The first-order valence-corrected chi connectivity index (χ1v) is 6.21. The van der Waals surface area contributed by atoms with E-state index < -0.39 is 5.82 Å². The van der Waals surface area contributed by atoms with Crippen molar-refractivity contribution in [1.82, 2.24) is 0 Å². The molecule has 88 valence electrons. The fourth-order valence-corrected chi connectivity index (χ4v) is 1.77. The number of thioether (sulfide) groups is 1. The molecule has 0 unspecified atom stereocenters. The van der Waals surface area contributed by atoms with E-state index in [1.165, 1.54) is 18.2 Å². The minimum atomic E-state index is -0.473. The van der Waals surface area contributed by atoms with Crippen molar-refractivity contribution in [2.45, 2.75) is 13.3 Å². The van der Waals surface area contributed by atoms with E-state index in [0.29, 0.717) is 12.1 Å². The lowest BCUT2D eigenvalue weighted by atomic mass is 10.2. The second kappa shape index (κ2) is 6.37. The van der Waals surface area contributed by atoms with Gasteiger partial charge in [0.1, 0.15) is 5.82 Å². The summed E-state index contributed by atoms with van der Waals surface area (Å²) in [4.78, 5) is 11.4. The second-order valence-corrected chi connectivity index (χ2v) is 4.63. The van der Waals surface area contributed by atoms with E-state index >= 15 is 0 Å². The maximum Gasteiger partial charge on any atom is 0.225 e. The summed E-state index contributed by atoms with van der Waals surface area (Å²) in [5.74, 6) is 1.24. The molecule has 0 spiro atoms. The van der Waals surface area contributed by atoms with Crippen molar-refractivity contribution in [3.63, 3.8) is 0 Å². The van der Waals surface area contributed by atoms with Crippen molar-refractivity contribution in [1.29, 1.82) is 0 Å². The van der Waals surface area contributed by atoms with Crippen molar-refractivity contribution in [3.05, 3.63) is 24.0 Å². The number of rotatable bonds is 5. The average Bonchev–Trinajstić information content (AvgIpc) is 2.24. The number of nitrogens with two attached hydrogens (primary N) is 1. The van der Waals surface area contributed by atoms with E-state index in [9.17, 15) is 9.18 Å². The lowest BCUT2D eigenvalue weighted by molar-refractivity contribution is -0.115. The van der Waals surface area contributed by atoms with Crippen LogP contribution in [0.25, 0.3) is 0 Å². The summed E-state index contributed by atoms with van der Waals surface area (Å²) in [7, 11) is 0. The molecule has 0 fully saturated rings. The van der Waals surface area contributed by atoms with Crippen LogP contribution < -0.4 is 11.1 Å². The van der Waals surface area contributed by atoms with Gasteiger partial charge >= 0.3 is 0 Å². The van der Waals surface area contributed by atoms with Gasteiger partial charge in [0, 0.05) is 17.9 Å². The van der Waals surface area contributed by atoms with E-state index in [4.69, 9.17) is 5.73 Å². The van der Waals surface area contributed by atoms with Crippen LogP contribution in [0.3, 0.4) is 0 Å². The zero-order chi connectivity index (χ0) is 12.0. The molecule has 1 aromatic carbocycles. The molecule has 0 radical (unpaired) electrons. The van der Waals surface area contributed by atoms with Crippen molar-refractivity contribution in [3.8, 4) is 0 Å². The number of nitrogen functional groups attached to an aromatic ring is 1. The van der Waals surface area contributed by atoms with Gasteiger partial charge in [-0.15, -0.1) is 0 Å². The van der Waals surface area contributed by atoms with Crippen LogP contribution >= 0.6 is 11.8 Å². The number of nitrogens with one attached hydrogen (secondary N) is 1. The minimum absolute atomic E-state index is 0.0423. The zero-order valence-corrected chi connectivity index (χ0v) is 9.94. The Balaban J connectivity index is 2.46. The molecular weight excluding hydrogens is 227 g/mol. The number of halogens is 1. The lowest BCUT2D eigenvalue weighted by Crippen LogP contribution is -2.12. The number of anilines is 2. The van der Waals surface area contributed by atoms with Crippen molar-refractivity contribution >= 4 is 29.0 Å². The summed E-state index contributed by atoms with van der Waals surface area (Å²) in [5.41, 5.74) is 5.96. The number of benzene rings is 1. The van der Waals surface area contributed by atoms with E-state index in [1.807, 2.05) is 6.92 Å². The molecule has 0 aliphatic rings. The Bertz CT molecular complexity index is 371. The van der Waals surface area contributed by atoms with E-state index in [1.54, 1.807) is 11.8 Å². The third-order valence-corrected chi connectivity index (χ3v) is 2.86. The van der Waals surface area contributed by atoms with Crippen LogP contribution in [-0.4, -0.2) is 17.4 Å². The predicted molar refractivity (Wildman–Crippen MR) is 67.1 cm³/mol. The quantitative estimate of drug-likeness (QED) is 0.616. The zero-order valence-electron chi connectivity index (χ0n) is 9.13. The van der Waals surface area contributed by atoms with Crippen LogP contribution in [0.2, 0.25) is 0 Å². The number of hydrogen-bond donors (Lipinski definition) is 2. The molecule has 0 heterocycles. The molecule has 3 nitrogen and oxygen atoms in total. The van der Waals surface area contributed by atoms with Crippen LogP contribution in [0, 0.1) is 5.82 Å². The standard InChI is InChI=1S/C11H15FN2OS/c1-2-16-6-5-11(15)14-8-3-4-9(12)10(13)7-8/h3-4,7H,2,5-6,13H2,1H3,(H,14,15). The van der Waals surface area contributed by atoms with Crippen LogP contribution in [0.15, 0.2) is 18.2 Å². The van der Waals surface area contributed by atoms with Crippen molar-refractivity contribution in [2.24, 2.45) is 0 Å². The van der Waals surface area contributed by atoms with E-state index in [0.717, 1.165) is 11.5 Å². The Morgan fingerprint density at radius 2 is 2.31 bits per heavy atom. The van der Waals surface area contributed by atoms with Crippen molar-refractivity contribution < 1.29 is 9.18 Å². The molecule has 0 saturated heterocycles. The van der Waals surface area contributed by atoms with Crippen LogP contribution in [0.1, 0.15) is 13.3 Å². The molecular formula is C11H15FN2OS. The van der Waals surface area contributed by atoms with Gasteiger partial charge in [-0.1, -0.05) is 6.92 Å². The Morgan fingerprint density at radius 3 is 2.94 bits per heavy atom. The molecule has 0 aliphatic carbocycles. The molecule has 0 aromatic heterocycles. The van der Waals surface area contributed by atoms with Crippen LogP contribution in [-0.2, 0) is 4.79 Å². The Hall–Kier alpha value is -1.23. The molecule has 1 rings (SSSR count). The highest BCUT2D eigenvalue weighted by molar-refractivity contribution is 7.99. The number of carbonyl (C=O) groups is 1. The average molecular weight is 242 g/mol. The van der Waals surface area contributed by atoms with Gasteiger partial charge in [-0.05, 0) is 24.0 Å². The molecule has 0 bridgehead atoms. The minimum Gasteiger partial charge on any atom is -0.396 e. The number of amides is 1. The summed E-state index contributed by atoms with van der Waals surface area (Å²) in [6.07, 6.45) is 0.454. The molecule has 1 aromatic rings. The summed E-state index contributed by atoms with van der Waals surface area (Å²) in [6.45, 7) is 2.04. The number of carbonyl (C=O) groups excluding carboxylic acids is 1. The molecule has 1 amide bonds. The first kappa shape index (κ1) is 12.8. The van der Waals surface area contributed by atoms with Gasteiger partial charge in [0.2, 0.25) is 5.91 Å². The van der Waals surface area contributed by atoms with Gasteiger partial charge < -0.3 is 11.1 Å². The molecule has 0 saturated carbocycles. The van der Waals surface area contributed by atoms with Gasteiger partial charge in [0.25, 0.3) is 0 Å². The molecule has 3 N–H and O–H groups in total. The normalized spacial score (nSPS) is 10.1. The molecule has 5 heteroatoms. The van der Waals surface area contributed by atoms with Gasteiger partial charge in [-0.2, -0.15) is 11.8 Å². The first-order valence-electron chi connectivity index (χ1n) is 5.06. The smallest absolute Gasteiger partial charge is 0.225 e. The monoisotopic (exact) mass is 242 g/mol. The SMILES string of the molecule is CCSCCC(=O)Nc1ccc(F)c(N)c1. The Kier molecular flexibility index (Phi) is 5.11. The summed E-state index contributed by atoms with van der Waals surface area (Å²) in [6, 6.07) is 4.16. The molecule has 0 aliphatic heterocycles. The fourth-order valence-electron chi connectivity index (χ4n) is 1.15. The first-order chi connectivity index (χ1) is 7.63. The third-order valence-electron chi connectivity index (χ3n) is 1.96. The van der Waals surface area contributed by atoms with Gasteiger partial charge in [0.05, 0.1) is 5.69 Å². The maximum absolute atomic E-state index is 12.8. The van der Waals surface area contributed by atoms with E-state index in [2.05, 4.69) is 5.32 Å². The summed E-state index contributed by atoms with van der Waals surface area (Å²) < 4.78 is 12.8. The largest absolute Gasteiger partial charge is 0.396 e. The Labute approximate surface area is 98.6 Å². The highest BCUT2D eigenvalue weighted by atomic mass is 32.2. The highest BCUT2D eigenvalue weighted by Crippen LogP contribution is 2.16.